The second kappa shape index (κ2) is 2.11. The van der Waals surface area contributed by atoms with Crippen molar-refractivity contribution in [3.8, 4) is 0 Å². The second-order valence-corrected chi connectivity index (χ2v) is 4.82. The van der Waals surface area contributed by atoms with Gasteiger partial charge in [-0.3, -0.25) is 4.79 Å². The molecule has 0 aromatic heterocycles. The van der Waals surface area contributed by atoms with Gasteiger partial charge in [-0.25, -0.2) is 0 Å². The van der Waals surface area contributed by atoms with Crippen LogP contribution in [0.2, 0.25) is 0 Å². The molecule has 0 radical (unpaired) electrons. The van der Waals surface area contributed by atoms with Crippen LogP contribution in [0.25, 0.3) is 0 Å². The maximum absolute atomic E-state index is 11.6. The van der Waals surface area contributed by atoms with E-state index in [2.05, 4.69) is 13.8 Å². The van der Waals surface area contributed by atoms with Crippen LogP contribution < -0.4 is 0 Å². The molecule has 2 rings (SSSR count). The van der Waals surface area contributed by atoms with E-state index in [-0.39, 0.29) is 17.4 Å². The van der Waals surface area contributed by atoms with Gasteiger partial charge in [0.15, 0.2) is 0 Å². The lowest BCUT2D eigenvalue weighted by Gasteiger charge is -2.34. The van der Waals surface area contributed by atoms with Crippen LogP contribution in [0.3, 0.4) is 0 Å². The molecule has 2 bridgehead atoms. The van der Waals surface area contributed by atoms with Crippen LogP contribution in [-0.2, 0) is 4.79 Å². The summed E-state index contributed by atoms with van der Waals surface area (Å²) < 4.78 is 0. The van der Waals surface area contributed by atoms with Crippen LogP contribution in [0.4, 0.5) is 0 Å². The molecule has 0 aromatic carbocycles. The highest BCUT2D eigenvalue weighted by Crippen LogP contribution is 2.63. The molecule has 2 fully saturated rings. The van der Waals surface area contributed by atoms with Gasteiger partial charge in [0.1, 0.15) is 5.78 Å². The average molecular weight is 168 g/mol. The Morgan fingerprint density at radius 1 is 1.58 bits per heavy atom. The van der Waals surface area contributed by atoms with Gasteiger partial charge < -0.3 is 5.11 Å². The highest BCUT2D eigenvalue weighted by atomic mass is 16.3. The lowest BCUT2D eigenvalue weighted by Crippen LogP contribution is -2.39. The molecule has 12 heavy (non-hydrogen) atoms. The fraction of sp³-hybridized carbons (Fsp3) is 0.900. The predicted octanol–water partition coefficient (Wildman–Crippen LogP) is 1.37. The molecule has 0 unspecified atom stereocenters. The van der Waals surface area contributed by atoms with E-state index in [0.717, 1.165) is 12.8 Å². The third kappa shape index (κ3) is 0.634. The van der Waals surface area contributed by atoms with Gasteiger partial charge in [-0.05, 0) is 24.2 Å². The van der Waals surface area contributed by atoms with Crippen LogP contribution in [-0.4, -0.2) is 17.5 Å². The molecule has 0 spiro atoms. The molecule has 2 aliphatic carbocycles. The van der Waals surface area contributed by atoms with Gasteiger partial charge in [0.25, 0.3) is 0 Å². The Hall–Kier alpha value is -0.370. The molecular formula is C10H16O2. The van der Waals surface area contributed by atoms with Crippen LogP contribution >= 0.6 is 0 Å². The number of Topliss-reactive ketones (excluding diaryl/α,β-unsaturated/α-hetero) is 1. The van der Waals surface area contributed by atoms with Crippen molar-refractivity contribution in [1.29, 1.82) is 0 Å². The van der Waals surface area contributed by atoms with Crippen molar-refractivity contribution >= 4 is 5.78 Å². The fourth-order valence-electron chi connectivity index (χ4n) is 3.14. The summed E-state index contributed by atoms with van der Waals surface area (Å²) >= 11 is 0. The number of carbonyl (C=O) groups excluding carboxylic acids is 1. The monoisotopic (exact) mass is 168 g/mol. The molecule has 2 heteroatoms. The summed E-state index contributed by atoms with van der Waals surface area (Å²) in [6.07, 6.45) is 2.73. The van der Waals surface area contributed by atoms with E-state index in [1.807, 2.05) is 0 Å². The zero-order valence-corrected chi connectivity index (χ0v) is 7.76. The Morgan fingerprint density at radius 2 is 2.25 bits per heavy atom. The van der Waals surface area contributed by atoms with Crippen molar-refractivity contribution in [2.75, 3.05) is 6.61 Å². The van der Waals surface area contributed by atoms with E-state index < -0.39 is 0 Å². The zero-order valence-electron chi connectivity index (χ0n) is 7.76. The third-order valence-electron chi connectivity index (χ3n) is 4.41. The molecule has 2 atom stereocenters. The summed E-state index contributed by atoms with van der Waals surface area (Å²) in [7, 11) is 0. The largest absolute Gasteiger partial charge is 0.395 e. The van der Waals surface area contributed by atoms with Crippen LogP contribution in [0.1, 0.15) is 33.1 Å². The van der Waals surface area contributed by atoms with Gasteiger partial charge in [-0.2, -0.15) is 0 Å². The van der Waals surface area contributed by atoms with Crippen LogP contribution in [0.15, 0.2) is 0 Å². The molecule has 0 heterocycles. The Balaban J connectivity index is 2.46. The quantitative estimate of drug-likeness (QED) is 0.642. The number of aliphatic hydroxyl groups is 1. The van der Waals surface area contributed by atoms with E-state index in [0.29, 0.717) is 18.1 Å². The molecule has 0 amide bonds. The van der Waals surface area contributed by atoms with Crippen molar-refractivity contribution in [1.82, 2.24) is 0 Å². The molecule has 2 nitrogen and oxygen atoms in total. The minimum atomic E-state index is -0.377. The zero-order chi connectivity index (χ0) is 8.98. The summed E-state index contributed by atoms with van der Waals surface area (Å²) in [5, 5.41) is 9.33. The summed E-state index contributed by atoms with van der Waals surface area (Å²) in [5.41, 5.74) is -0.337. The maximum atomic E-state index is 11.6. The fourth-order valence-corrected chi connectivity index (χ4v) is 3.14. The highest BCUT2D eigenvalue weighted by Gasteiger charge is 2.63. The summed E-state index contributed by atoms with van der Waals surface area (Å²) in [6.45, 7) is 4.31. The standard InChI is InChI=1S/C10H16O2/c1-9(2)7-3-4-10(9,6-11)8(12)5-7/h7,11H,3-6H2,1-2H3/t7-,10+/m1/s1. The minimum absolute atomic E-state index is 0.0405. The first-order chi connectivity index (χ1) is 5.54. The summed E-state index contributed by atoms with van der Waals surface area (Å²) in [6, 6.07) is 0. The van der Waals surface area contributed by atoms with Gasteiger partial charge in [0.2, 0.25) is 0 Å². The number of hydrogen-bond acceptors (Lipinski definition) is 2. The van der Waals surface area contributed by atoms with E-state index in [4.69, 9.17) is 0 Å². The Kier molecular flexibility index (Phi) is 1.45. The summed E-state index contributed by atoms with van der Waals surface area (Å²) in [5.74, 6) is 0.823. The lowest BCUT2D eigenvalue weighted by atomic mass is 9.69. The van der Waals surface area contributed by atoms with Crippen molar-refractivity contribution in [2.24, 2.45) is 16.7 Å². The second-order valence-electron chi connectivity index (χ2n) is 4.82. The normalized spacial score (nSPS) is 43.9. The number of fused-ring (bicyclic) bond motifs is 2. The predicted molar refractivity (Wildman–Crippen MR) is 45.6 cm³/mol. The molecule has 68 valence electrons. The minimum Gasteiger partial charge on any atom is -0.395 e. The topological polar surface area (TPSA) is 37.3 Å². The van der Waals surface area contributed by atoms with Crippen molar-refractivity contribution in [3.63, 3.8) is 0 Å². The molecule has 0 aliphatic heterocycles. The average Bonchev–Trinajstić information content (AvgIpc) is 2.36. The van der Waals surface area contributed by atoms with Gasteiger partial charge >= 0.3 is 0 Å². The number of aliphatic hydroxyl groups excluding tert-OH is 1. The Labute approximate surface area is 73.0 Å². The first-order valence-electron chi connectivity index (χ1n) is 4.69. The lowest BCUT2D eigenvalue weighted by molar-refractivity contribution is -0.132. The van der Waals surface area contributed by atoms with E-state index >= 15 is 0 Å². The molecular weight excluding hydrogens is 152 g/mol. The number of rotatable bonds is 1. The molecule has 1 N–H and O–H groups in total. The number of carbonyl (C=O) groups is 1. The van der Waals surface area contributed by atoms with Crippen molar-refractivity contribution < 1.29 is 9.90 Å². The van der Waals surface area contributed by atoms with Gasteiger partial charge in [0, 0.05) is 6.42 Å². The highest BCUT2D eigenvalue weighted by molar-refractivity contribution is 5.89. The summed E-state index contributed by atoms with van der Waals surface area (Å²) in [4.78, 5) is 11.6. The van der Waals surface area contributed by atoms with Gasteiger partial charge in [0.05, 0.1) is 12.0 Å². The molecule has 0 aromatic rings. The molecule has 2 aliphatic rings. The smallest absolute Gasteiger partial charge is 0.142 e. The Morgan fingerprint density at radius 3 is 2.50 bits per heavy atom. The van der Waals surface area contributed by atoms with Crippen LogP contribution in [0, 0.1) is 16.7 Å². The first-order valence-corrected chi connectivity index (χ1v) is 4.69. The van der Waals surface area contributed by atoms with Crippen LogP contribution in [0.5, 0.6) is 0 Å². The Bertz CT molecular complexity index is 232. The third-order valence-corrected chi connectivity index (χ3v) is 4.41. The SMILES string of the molecule is CC1(C)[C@@H]2CC[C@]1(CO)C(=O)C2. The van der Waals surface area contributed by atoms with Crippen molar-refractivity contribution in [2.45, 2.75) is 33.1 Å². The number of hydrogen-bond donors (Lipinski definition) is 1. The molecule has 0 saturated heterocycles. The van der Waals surface area contributed by atoms with E-state index in [1.165, 1.54) is 0 Å². The molecule has 2 saturated carbocycles. The van der Waals surface area contributed by atoms with Crippen molar-refractivity contribution in [3.05, 3.63) is 0 Å². The van der Waals surface area contributed by atoms with Gasteiger partial charge in [-0.15, -0.1) is 0 Å². The van der Waals surface area contributed by atoms with E-state index in [1.54, 1.807) is 0 Å². The maximum Gasteiger partial charge on any atom is 0.142 e. The first kappa shape index (κ1) is 8.24. The number of ketones is 1. The van der Waals surface area contributed by atoms with E-state index in [9.17, 15) is 9.90 Å². The van der Waals surface area contributed by atoms with Gasteiger partial charge in [-0.1, -0.05) is 13.8 Å².